The summed E-state index contributed by atoms with van der Waals surface area (Å²) in [6, 6.07) is 8.59. The first kappa shape index (κ1) is 14.8. The van der Waals surface area contributed by atoms with Gasteiger partial charge in [0.1, 0.15) is 8.07 Å². The predicted octanol–water partition coefficient (Wildman–Crippen LogP) is 2.61. The summed E-state index contributed by atoms with van der Waals surface area (Å²) in [5.41, 5.74) is 1.54. The molecule has 0 spiro atoms. The molecule has 2 rings (SSSR count). The summed E-state index contributed by atoms with van der Waals surface area (Å²) in [6.07, 6.45) is 0. The molecule has 0 fully saturated rings. The lowest BCUT2D eigenvalue weighted by Gasteiger charge is -2.28. The number of nitrogens with zero attached hydrogens (tertiary/aromatic N) is 2. The third-order valence-electron chi connectivity index (χ3n) is 4.63. The minimum atomic E-state index is -1.72. The van der Waals surface area contributed by atoms with Crippen molar-refractivity contribution >= 4 is 13.4 Å². The summed E-state index contributed by atoms with van der Waals surface area (Å²) >= 11 is 0. The van der Waals surface area contributed by atoms with E-state index < -0.39 is 8.07 Å². The SMILES string of the molecule is CC[Si](CC)(CC)c1cc2n(O)c(C)ccc-2c(=O)n1. The maximum absolute atomic E-state index is 12.2. The molecule has 0 saturated heterocycles. The van der Waals surface area contributed by atoms with Crippen LogP contribution in [0.3, 0.4) is 0 Å². The van der Waals surface area contributed by atoms with Gasteiger partial charge in [0.25, 0.3) is 5.56 Å². The summed E-state index contributed by atoms with van der Waals surface area (Å²) in [7, 11) is -1.72. The summed E-state index contributed by atoms with van der Waals surface area (Å²) in [6.45, 7) is 8.35. The number of rotatable bonds is 4. The van der Waals surface area contributed by atoms with Crippen LogP contribution >= 0.6 is 0 Å². The van der Waals surface area contributed by atoms with Crippen LogP contribution in [0, 0.1) is 6.92 Å². The van der Waals surface area contributed by atoms with Crippen molar-refractivity contribution in [2.24, 2.45) is 0 Å². The van der Waals surface area contributed by atoms with Crippen molar-refractivity contribution in [2.75, 3.05) is 0 Å². The summed E-state index contributed by atoms with van der Waals surface area (Å²) in [4.78, 5) is 16.6. The summed E-state index contributed by atoms with van der Waals surface area (Å²) in [5.74, 6) is 0. The molecular weight excluding hydrogens is 268 g/mol. The van der Waals surface area contributed by atoms with Crippen LogP contribution in [0.5, 0.6) is 0 Å². The zero-order valence-corrected chi connectivity index (χ0v) is 13.6. The van der Waals surface area contributed by atoms with E-state index in [2.05, 4.69) is 25.8 Å². The van der Waals surface area contributed by atoms with Crippen molar-refractivity contribution in [3.8, 4) is 11.3 Å². The molecule has 0 radical (unpaired) electrons. The number of hydrogen-bond acceptors (Lipinski definition) is 3. The standard InChI is InChI=1S/C15H22N2O2Si/c1-5-20(6-2,7-3)14-10-13-12(15(18)16-14)9-8-11(4)17(13)19/h8-10,19H,5-7H2,1-4H3. The Morgan fingerprint density at radius 3 is 2.35 bits per heavy atom. The largest absolute Gasteiger partial charge is 0.428 e. The first-order valence-electron chi connectivity index (χ1n) is 7.22. The van der Waals surface area contributed by atoms with E-state index in [0.717, 1.165) is 28.2 Å². The van der Waals surface area contributed by atoms with Gasteiger partial charge in [0.15, 0.2) is 0 Å². The van der Waals surface area contributed by atoms with Gasteiger partial charge in [0.2, 0.25) is 0 Å². The van der Waals surface area contributed by atoms with Gasteiger partial charge < -0.3 is 5.21 Å². The molecule has 0 unspecified atom stereocenters. The topological polar surface area (TPSA) is 55.1 Å². The zero-order chi connectivity index (χ0) is 14.9. The molecule has 2 heterocycles. The van der Waals surface area contributed by atoms with Gasteiger partial charge in [-0.05, 0) is 25.1 Å². The maximum atomic E-state index is 12.2. The van der Waals surface area contributed by atoms with Gasteiger partial charge in [0.05, 0.1) is 17.0 Å². The van der Waals surface area contributed by atoms with Gasteiger partial charge in [0, 0.05) is 5.32 Å². The minimum absolute atomic E-state index is 0.229. The molecular formula is C15H22N2O2Si. The minimum Gasteiger partial charge on any atom is -0.428 e. The zero-order valence-electron chi connectivity index (χ0n) is 12.6. The molecule has 0 amide bonds. The molecule has 0 aromatic carbocycles. The third kappa shape index (κ3) is 2.16. The van der Waals surface area contributed by atoms with Crippen molar-refractivity contribution in [1.82, 2.24) is 9.71 Å². The van der Waals surface area contributed by atoms with Crippen LogP contribution in [-0.2, 0) is 0 Å². The number of aryl methyl sites for hydroxylation is 1. The molecule has 108 valence electrons. The molecule has 0 aromatic heterocycles. The second-order valence-electron chi connectivity index (χ2n) is 5.37. The molecule has 5 heteroatoms. The number of fused-ring (bicyclic) bond motifs is 1. The molecule has 2 aliphatic rings. The van der Waals surface area contributed by atoms with Crippen LogP contribution in [-0.4, -0.2) is 23.0 Å². The van der Waals surface area contributed by atoms with Crippen molar-refractivity contribution in [2.45, 2.75) is 45.8 Å². The predicted molar refractivity (Wildman–Crippen MR) is 83.9 cm³/mol. The van der Waals surface area contributed by atoms with Gasteiger partial charge in [-0.15, -0.1) is 0 Å². The average molecular weight is 290 g/mol. The van der Waals surface area contributed by atoms with Gasteiger partial charge >= 0.3 is 0 Å². The van der Waals surface area contributed by atoms with Crippen molar-refractivity contribution < 1.29 is 5.21 Å². The lowest BCUT2D eigenvalue weighted by atomic mass is 10.1. The lowest BCUT2D eigenvalue weighted by molar-refractivity contribution is 0.182. The molecule has 1 N–H and O–H groups in total. The normalized spacial score (nSPS) is 12.0. The van der Waals surface area contributed by atoms with E-state index in [0.29, 0.717) is 17.0 Å². The van der Waals surface area contributed by atoms with E-state index in [1.165, 1.54) is 0 Å². The maximum Gasteiger partial charge on any atom is 0.279 e. The Morgan fingerprint density at radius 2 is 1.80 bits per heavy atom. The van der Waals surface area contributed by atoms with Crippen molar-refractivity contribution in [3.63, 3.8) is 0 Å². The molecule has 2 aliphatic heterocycles. The Kier molecular flexibility index (Phi) is 3.99. The molecule has 0 atom stereocenters. The Morgan fingerprint density at radius 1 is 1.20 bits per heavy atom. The fraction of sp³-hybridized carbons (Fsp3) is 0.467. The van der Waals surface area contributed by atoms with E-state index in [1.807, 2.05) is 13.0 Å². The smallest absolute Gasteiger partial charge is 0.279 e. The molecule has 0 aliphatic carbocycles. The second-order valence-corrected chi connectivity index (χ2v) is 10.6. The first-order valence-corrected chi connectivity index (χ1v) is 9.84. The van der Waals surface area contributed by atoms with E-state index >= 15 is 0 Å². The van der Waals surface area contributed by atoms with Gasteiger partial charge in [-0.2, -0.15) is 4.73 Å². The fourth-order valence-corrected chi connectivity index (χ4v) is 6.25. The van der Waals surface area contributed by atoms with Gasteiger partial charge in [-0.25, -0.2) is 4.98 Å². The number of hydrogen-bond donors (Lipinski definition) is 1. The molecule has 0 bridgehead atoms. The third-order valence-corrected chi connectivity index (χ3v) is 10.0. The van der Waals surface area contributed by atoms with Crippen LogP contribution in [0.15, 0.2) is 23.0 Å². The lowest BCUT2D eigenvalue weighted by Crippen LogP contribution is -2.50. The molecule has 0 saturated carbocycles. The van der Waals surface area contributed by atoms with Crippen LogP contribution in [0.4, 0.5) is 0 Å². The van der Waals surface area contributed by atoms with E-state index in [-0.39, 0.29) is 5.56 Å². The number of pyridine rings is 2. The quantitative estimate of drug-likeness (QED) is 0.695. The van der Waals surface area contributed by atoms with Crippen LogP contribution < -0.4 is 10.9 Å². The highest BCUT2D eigenvalue weighted by Crippen LogP contribution is 2.22. The summed E-state index contributed by atoms with van der Waals surface area (Å²) < 4.78 is 1.10. The highest BCUT2D eigenvalue weighted by atomic mass is 28.3. The molecule has 0 aromatic rings. The van der Waals surface area contributed by atoms with Gasteiger partial charge in [-0.1, -0.05) is 38.9 Å². The Bertz CT molecular complexity index is 639. The average Bonchev–Trinajstić information content (AvgIpc) is 2.46. The highest BCUT2D eigenvalue weighted by Gasteiger charge is 2.32. The van der Waals surface area contributed by atoms with Crippen LogP contribution in [0.2, 0.25) is 18.1 Å². The Labute approximate surface area is 120 Å². The van der Waals surface area contributed by atoms with Gasteiger partial charge in [-0.3, -0.25) is 4.79 Å². The molecule has 4 nitrogen and oxygen atoms in total. The first-order chi connectivity index (χ1) is 9.49. The highest BCUT2D eigenvalue weighted by molar-refractivity contribution is 6.91. The fourth-order valence-electron chi connectivity index (χ4n) is 2.88. The molecule has 20 heavy (non-hydrogen) atoms. The van der Waals surface area contributed by atoms with E-state index in [4.69, 9.17) is 0 Å². The van der Waals surface area contributed by atoms with Crippen molar-refractivity contribution in [3.05, 3.63) is 34.2 Å². The summed E-state index contributed by atoms with van der Waals surface area (Å²) in [5, 5.41) is 11.1. The van der Waals surface area contributed by atoms with Crippen molar-refractivity contribution in [1.29, 1.82) is 0 Å². The van der Waals surface area contributed by atoms with Crippen LogP contribution in [0.1, 0.15) is 26.5 Å². The Balaban J connectivity index is 2.78. The van der Waals surface area contributed by atoms with E-state index in [9.17, 15) is 10.0 Å². The number of aromatic nitrogens is 2. The van der Waals surface area contributed by atoms with Crippen LogP contribution in [0.25, 0.3) is 11.3 Å². The Hall–Kier alpha value is -1.62. The second kappa shape index (κ2) is 5.40. The van der Waals surface area contributed by atoms with E-state index in [1.54, 1.807) is 12.1 Å². The monoisotopic (exact) mass is 290 g/mol.